The predicted molar refractivity (Wildman–Crippen MR) is 90.6 cm³/mol. The number of hydrogen-bond donors (Lipinski definition) is 1. The maximum absolute atomic E-state index is 12.7. The molecule has 0 radical (unpaired) electrons. The molecule has 3 unspecified atom stereocenters. The van der Waals surface area contributed by atoms with Gasteiger partial charge in [0.25, 0.3) is 0 Å². The minimum atomic E-state index is 0. The second kappa shape index (κ2) is 8.13. The second-order valence-electron chi connectivity index (χ2n) is 6.39. The molecule has 23 heavy (non-hydrogen) atoms. The Labute approximate surface area is 144 Å². The third kappa shape index (κ3) is 4.25. The van der Waals surface area contributed by atoms with E-state index in [9.17, 15) is 4.79 Å². The SMILES string of the molecule is CC1CCC(CCC(=O)N2CCNCC2c2nccn2C)O1.Cl. The van der Waals surface area contributed by atoms with Crippen LogP contribution in [0.5, 0.6) is 0 Å². The van der Waals surface area contributed by atoms with Crippen molar-refractivity contribution in [3.05, 3.63) is 18.2 Å². The largest absolute Gasteiger partial charge is 0.375 e. The van der Waals surface area contributed by atoms with Crippen LogP contribution < -0.4 is 5.32 Å². The van der Waals surface area contributed by atoms with Gasteiger partial charge in [0, 0.05) is 45.5 Å². The Bertz CT molecular complexity index is 522. The number of nitrogens with one attached hydrogen (secondary N) is 1. The lowest BCUT2D eigenvalue weighted by atomic mass is 10.1. The summed E-state index contributed by atoms with van der Waals surface area (Å²) in [5.41, 5.74) is 0. The van der Waals surface area contributed by atoms with Gasteiger partial charge in [-0.2, -0.15) is 0 Å². The van der Waals surface area contributed by atoms with Gasteiger partial charge in [-0.05, 0) is 26.2 Å². The van der Waals surface area contributed by atoms with Crippen molar-refractivity contribution in [1.29, 1.82) is 0 Å². The Hall–Kier alpha value is -1.11. The highest BCUT2D eigenvalue weighted by molar-refractivity contribution is 5.85. The van der Waals surface area contributed by atoms with Crippen LogP contribution in [0.25, 0.3) is 0 Å². The summed E-state index contributed by atoms with van der Waals surface area (Å²) in [5, 5.41) is 3.37. The molecule has 2 aliphatic heterocycles. The Morgan fingerprint density at radius 3 is 2.96 bits per heavy atom. The van der Waals surface area contributed by atoms with Crippen molar-refractivity contribution in [2.75, 3.05) is 19.6 Å². The summed E-state index contributed by atoms with van der Waals surface area (Å²) < 4.78 is 7.82. The van der Waals surface area contributed by atoms with E-state index in [2.05, 4.69) is 17.2 Å². The van der Waals surface area contributed by atoms with E-state index in [1.54, 1.807) is 6.20 Å². The third-order valence-electron chi connectivity index (χ3n) is 4.72. The predicted octanol–water partition coefficient (Wildman–Crippen LogP) is 1.66. The summed E-state index contributed by atoms with van der Waals surface area (Å²) in [6.45, 7) is 4.48. The van der Waals surface area contributed by atoms with Crippen LogP contribution in [0.2, 0.25) is 0 Å². The number of piperazine rings is 1. The van der Waals surface area contributed by atoms with Crippen molar-refractivity contribution in [3.8, 4) is 0 Å². The molecule has 6 nitrogen and oxygen atoms in total. The Morgan fingerprint density at radius 1 is 1.48 bits per heavy atom. The topological polar surface area (TPSA) is 59.4 Å². The monoisotopic (exact) mass is 342 g/mol. The van der Waals surface area contributed by atoms with E-state index in [1.165, 1.54) is 0 Å². The number of halogens is 1. The Morgan fingerprint density at radius 2 is 2.30 bits per heavy atom. The molecule has 3 heterocycles. The minimum absolute atomic E-state index is 0. The van der Waals surface area contributed by atoms with Gasteiger partial charge in [0.05, 0.1) is 12.2 Å². The van der Waals surface area contributed by atoms with Gasteiger partial charge in [0.15, 0.2) is 0 Å². The first kappa shape index (κ1) is 18.2. The van der Waals surface area contributed by atoms with Crippen LogP contribution in [0, 0.1) is 0 Å². The molecule has 2 aliphatic rings. The molecule has 2 saturated heterocycles. The van der Waals surface area contributed by atoms with E-state index in [0.29, 0.717) is 12.5 Å². The van der Waals surface area contributed by atoms with Crippen molar-refractivity contribution < 1.29 is 9.53 Å². The molecule has 1 aromatic heterocycles. The maximum atomic E-state index is 12.7. The highest BCUT2D eigenvalue weighted by Gasteiger charge is 2.31. The third-order valence-corrected chi connectivity index (χ3v) is 4.72. The van der Waals surface area contributed by atoms with Crippen LogP contribution in [0.1, 0.15) is 44.5 Å². The van der Waals surface area contributed by atoms with Crippen molar-refractivity contribution >= 4 is 18.3 Å². The molecule has 0 saturated carbocycles. The van der Waals surface area contributed by atoms with Crippen molar-refractivity contribution in [2.24, 2.45) is 7.05 Å². The normalized spacial score (nSPS) is 27.7. The Kier molecular flexibility index (Phi) is 6.44. The van der Waals surface area contributed by atoms with E-state index in [1.807, 2.05) is 22.7 Å². The van der Waals surface area contributed by atoms with Crippen molar-refractivity contribution in [1.82, 2.24) is 19.8 Å². The number of carbonyl (C=O) groups is 1. The number of rotatable bonds is 4. The number of imidazole rings is 1. The lowest BCUT2D eigenvalue weighted by molar-refractivity contribution is -0.135. The van der Waals surface area contributed by atoms with Crippen molar-refractivity contribution in [3.63, 3.8) is 0 Å². The van der Waals surface area contributed by atoms with Gasteiger partial charge in [-0.15, -0.1) is 12.4 Å². The summed E-state index contributed by atoms with van der Waals surface area (Å²) in [5.74, 6) is 1.17. The van der Waals surface area contributed by atoms with Gasteiger partial charge in [-0.1, -0.05) is 0 Å². The fraction of sp³-hybridized carbons (Fsp3) is 0.750. The maximum Gasteiger partial charge on any atom is 0.223 e. The number of hydrogen-bond acceptors (Lipinski definition) is 4. The van der Waals surface area contributed by atoms with Crippen LogP contribution in [0.4, 0.5) is 0 Å². The summed E-state index contributed by atoms with van der Waals surface area (Å²) >= 11 is 0. The van der Waals surface area contributed by atoms with Crippen LogP contribution in [0.3, 0.4) is 0 Å². The first-order valence-corrected chi connectivity index (χ1v) is 8.28. The lowest BCUT2D eigenvalue weighted by Crippen LogP contribution is -2.49. The molecule has 1 N–H and O–H groups in total. The first-order chi connectivity index (χ1) is 10.6. The van der Waals surface area contributed by atoms with Crippen LogP contribution in [-0.2, 0) is 16.6 Å². The molecule has 2 fully saturated rings. The zero-order valence-electron chi connectivity index (χ0n) is 13.9. The van der Waals surface area contributed by atoms with E-state index < -0.39 is 0 Å². The fourth-order valence-corrected chi connectivity index (χ4v) is 3.46. The van der Waals surface area contributed by atoms with Gasteiger partial charge >= 0.3 is 0 Å². The lowest BCUT2D eigenvalue weighted by Gasteiger charge is -2.36. The van der Waals surface area contributed by atoms with E-state index in [4.69, 9.17) is 4.74 Å². The number of amides is 1. The van der Waals surface area contributed by atoms with E-state index in [-0.39, 0.29) is 30.5 Å². The number of nitrogens with zero attached hydrogens (tertiary/aromatic N) is 3. The van der Waals surface area contributed by atoms with Crippen LogP contribution in [-0.4, -0.2) is 52.2 Å². The smallest absolute Gasteiger partial charge is 0.223 e. The molecule has 1 aromatic rings. The zero-order chi connectivity index (χ0) is 15.5. The number of aromatic nitrogens is 2. The molecule has 0 spiro atoms. The molecule has 0 aromatic carbocycles. The average Bonchev–Trinajstić information content (AvgIpc) is 3.13. The van der Waals surface area contributed by atoms with Gasteiger partial charge in [0.2, 0.25) is 5.91 Å². The van der Waals surface area contributed by atoms with Gasteiger partial charge < -0.3 is 19.5 Å². The van der Waals surface area contributed by atoms with E-state index in [0.717, 1.165) is 44.7 Å². The Balaban J connectivity index is 0.00000192. The first-order valence-electron chi connectivity index (χ1n) is 8.28. The van der Waals surface area contributed by atoms with Crippen molar-refractivity contribution in [2.45, 2.75) is 50.9 Å². The highest BCUT2D eigenvalue weighted by atomic mass is 35.5. The minimum Gasteiger partial charge on any atom is -0.375 e. The fourth-order valence-electron chi connectivity index (χ4n) is 3.46. The molecule has 7 heteroatoms. The quantitative estimate of drug-likeness (QED) is 0.904. The highest BCUT2D eigenvalue weighted by Crippen LogP contribution is 2.25. The summed E-state index contributed by atoms with van der Waals surface area (Å²) in [4.78, 5) is 19.1. The molecule has 3 rings (SSSR count). The molecule has 1 amide bonds. The standard InChI is InChI=1S/C16H26N4O2.ClH/c1-12-3-4-13(22-12)5-6-15(21)20-10-7-17-11-14(20)16-18-8-9-19(16)2;/h8-9,12-14,17H,3-7,10-11H2,1-2H3;1H. The number of carbonyl (C=O) groups excluding carboxylic acids is 1. The molecule has 0 bridgehead atoms. The number of ether oxygens (including phenoxy) is 1. The molecule has 3 atom stereocenters. The van der Waals surface area contributed by atoms with Gasteiger partial charge in [-0.3, -0.25) is 4.79 Å². The summed E-state index contributed by atoms with van der Waals surface area (Å²) in [6.07, 6.45) is 7.92. The van der Waals surface area contributed by atoms with Crippen LogP contribution >= 0.6 is 12.4 Å². The summed E-state index contributed by atoms with van der Waals surface area (Å²) in [6, 6.07) is 0.0321. The second-order valence-corrected chi connectivity index (χ2v) is 6.39. The molecular formula is C16H27ClN4O2. The molecule has 130 valence electrons. The van der Waals surface area contributed by atoms with E-state index >= 15 is 0 Å². The molecular weight excluding hydrogens is 316 g/mol. The van der Waals surface area contributed by atoms with Gasteiger partial charge in [-0.25, -0.2) is 4.98 Å². The number of aryl methyl sites for hydroxylation is 1. The molecule has 0 aliphatic carbocycles. The van der Waals surface area contributed by atoms with Crippen LogP contribution in [0.15, 0.2) is 12.4 Å². The summed E-state index contributed by atoms with van der Waals surface area (Å²) in [7, 11) is 1.98. The zero-order valence-corrected chi connectivity index (χ0v) is 14.7. The average molecular weight is 343 g/mol. The van der Waals surface area contributed by atoms with Gasteiger partial charge in [0.1, 0.15) is 11.9 Å².